The number of benzene rings is 1. The number of allylic oxidation sites excluding steroid dienone is 2. The predicted molar refractivity (Wildman–Crippen MR) is 138 cm³/mol. The van der Waals surface area contributed by atoms with E-state index in [2.05, 4.69) is 37.5 Å². The predicted octanol–water partition coefficient (Wildman–Crippen LogP) is 4.21. The van der Waals surface area contributed by atoms with Crippen LogP contribution in [0, 0.1) is 0 Å². The van der Waals surface area contributed by atoms with Crippen molar-refractivity contribution >= 4 is 40.8 Å². The Hall–Kier alpha value is -4.47. The number of hydrogen-bond acceptors (Lipinski definition) is 6. The van der Waals surface area contributed by atoms with Gasteiger partial charge in [-0.2, -0.15) is 5.10 Å². The lowest BCUT2D eigenvalue weighted by Crippen LogP contribution is -2.33. The highest BCUT2D eigenvalue weighted by molar-refractivity contribution is 6.11. The number of anilines is 1. The van der Waals surface area contributed by atoms with Crippen molar-refractivity contribution in [2.75, 3.05) is 19.4 Å². The lowest BCUT2D eigenvalue weighted by Gasteiger charge is -2.13. The second-order valence-corrected chi connectivity index (χ2v) is 8.26. The van der Waals surface area contributed by atoms with Crippen molar-refractivity contribution < 1.29 is 14.3 Å². The van der Waals surface area contributed by atoms with Crippen molar-refractivity contribution in [2.24, 2.45) is 4.99 Å². The first-order chi connectivity index (χ1) is 16.7. The molecule has 0 fully saturated rings. The molecule has 0 aliphatic carbocycles. The Bertz CT molecular complexity index is 1290. The minimum absolute atomic E-state index is 0.00826. The maximum atomic E-state index is 12.9. The van der Waals surface area contributed by atoms with Crippen LogP contribution < -0.4 is 15.4 Å². The molecule has 1 aromatic carbocycles. The molecule has 0 spiro atoms. The third kappa shape index (κ3) is 6.53. The lowest BCUT2D eigenvalue weighted by atomic mass is 10.0. The van der Waals surface area contributed by atoms with Crippen molar-refractivity contribution in [1.29, 1.82) is 0 Å². The van der Waals surface area contributed by atoms with Crippen LogP contribution in [0.3, 0.4) is 0 Å². The van der Waals surface area contributed by atoms with E-state index in [1.165, 1.54) is 17.3 Å². The molecule has 0 atom stereocenters. The van der Waals surface area contributed by atoms with E-state index in [9.17, 15) is 9.59 Å². The van der Waals surface area contributed by atoms with E-state index in [1.807, 2.05) is 39.0 Å². The molecule has 3 rings (SSSR count). The first-order valence-electron chi connectivity index (χ1n) is 10.9. The fourth-order valence-corrected chi connectivity index (χ4v) is 3.14. The van der Waals surface area contributed by atoms with Crippen LogP contribution in [0.15, 0.2) is 59.5 Å². The Morgan fingerprint density at radius 3 is 2.63 bits per heavy atom. The number of amides is 3. The minimum atomic E-state index is -0.371. The Morgan fingerprint density at radius 2 is 2.00 bits per heavy atom. The van der Waals surface area contributed by atoms with Crippen molar-refractivity contribution in [1.82, 2.24) is 25.4 Å². The maximum absolute atomic E-state index is 12.9. The zero-order valence-corrected chi connectivity index (χ0v) is 20.4. The lowest BCUT2D eigenvalue weighted by molar-refractivity contribution is 0.102. The van der Waals surface area contributed by atoms with E-state index in [0.717, 1.165) is 16.7 Å². The number of hydrogen-bond donors (Lipinski definition) is 3. The van der Waals surface area contributed by atoms with Gasteiger partial charge in [-0.15, -0.1) is 0 Å². The van der Waals surface area contributed by atoms with E-state index in [-0.39, 0.29) is 23.7 Å². The normalized spacial score (nSPS) is 11.9. The molecule has 3 amide bonds. The van der Waals surface area contributed by atoms with Crippen LogP contribution in [0.2, 0.25) is 0 Å². The summed E-state index contributed by atoms with van der Waals surface area (Å²) in [6, 6.07) is 8.75. The van der Waals surface area contributed by atoms with Gasteiger partial charge in [0.2, 0.25) is 5.88 Å². The van der Waals surface area contributed by atoms with Gasteiger partial charge in [0.15, 0.2) is 5.69 Å². The molecular weight excluding hydrogens is 446 g/mol. The number of aromatic nitrogens is 3. The van der Waals surface area contributed by atoms with Gasteiger partial charge in [0, 0.05) is 31.7 Å². The average molecular weight is 476 g/mol. The summed E-state index contributed by atoms with van der Waals surface area (Å²) in [4.78, 5) is 34.4. The van der Waals surface area contributed by atoms with Gasteiger partial charge in [-0.3, -0.25) is 14.9 Å². The molecule has 0 unspecified atom stereocenters. The smallest absolute Gasteiger partial charge is 0.321 e. The number of H-pyrrole nitrogens is 1. The van der Waals surface area contributed by atoms with Gasteiger partial charge in [-0.25, -0.2) is 9.78 Å². The fraction of sp³-hybridized carbons (Fsp3) is 0.240. The zero-order chi connectivity index (χ0) is 25.5. The molecular formula is C25H29N7O3. The van der Waals surface area contributed by atoms with E-state index in [1.54, 1.807) is 32.3 Å². The zero-order valence-electron chi connectivity index (χ0n) is 20.4. The highest BCUT2D eigenvalue weighted by Gasteiger charge is 2.16. The highest BCUT2D eigenvalue weighted by atomic mass is 16.5. The Balaban J connectivity index is 1.84. The van der Waals surface area contributed by atoms with Gasteiger partial charge in [-0.1, -0.05) is 6.07 Å². The van der Waals surface area contributed by atoms with Crippen LogP contribution in [0.5, 0.6) is 5.88 Å². The molecule has 0 radical (unpaired) electrons. The van der Waals surface area contributed by atoms with Crippen LogP contribution in [-0.4, -0.2) is 58.9 Å². The van der Waals surface area contributed by atoms with Gasteiger partial charge < -0.3 is 20.3 Å². The van der Waals surface area contributed by atoms with Gasteiger partial charge >= 0.3 is 6.03 Å². The van der Waals surface area contributed by atoms with Crippen LogP contribution in [0.4, 0.5) is 10.5 Å². The Kier molecular flexibility index (Phi) is 7.98. The summed E-state index contributed by atoms with van der Waals surface area (Å²) in [5.41, 5.74) is 3.67. The molecule has 0 bridgehead atoms. The molecule has 10 nitrogen and oxygen atoms in total. The molecule has 0 saturated heterocycles. The SMILES string of the molecule is C=N/C=C(\C=C(/C)c1ccc2[nH]nc(C(=O)Nc3ccc(OC(C)C)nc3)c2c1)NC(=O)N(C)C. The van der Waals surface area contributed by atoms with Gasteiger partial charge in [-0.05, 0) is 62.9 Å². The molecule has 0 aliphatic rings. The van der Waals surface area contributed by atoms with Gasteiger partial charge in [0.25, 0.3) is 5.91 Å². The van der Waals surface area contributed by atoms with E-state index < -0.39 is 0 Å². The summed E-state index contributed by atoms with van der Waals surface area (Å²) < 4.78 is 5.53. The van der Waals surface area contributed by atoms with Crippen molar-refractivity contribution in [3.63, 3.8) is 0 Å². The maximum Gasteiger partial charge on any atom is 0.321 e. The number of nitrogens with one attached hydrogen (secondary N) is 3. The first kappa shape index (κ1) is 25.2. The largest absolute Gasteiger partial charge is 0.475 e. The van der Waals surface area contributed by atoms with Crippen LogP contribution in [0.1, 0.15) is 36.8 Å². The Labute approximate surface area is 203 Å². The van der Waals surface area contributed by atoms with E-state index in [4.69, 9.17) is 4.74 Å². The second kappa shape index (κ2) is 11.1. The molecule has 10 heteroatoms. The molecule has 0 saturated carbocycles. The van der Waals surface area contributed by atoms with Crippen molar-refractivity contribution in [3.05, 3.63) is 65.8 Å². The standard InChI is InChI=1S/C25H29N7O3/c1-15(2)35-22-10-8-18(14-27-22)28-24(33)23-20-12-17(7-9-21(20)30-31-23)16(3)11-19(13-26-4)29-25(34)32(5)6/h7-15H,4H2,1-3,5-6H3,(H,28,33)(H,29,34)(H,30,31)/b16-11+,19-13+. The minimum Gasteiger partial charge on any atom is -0.475 e. The number of urea groups is 1. The summed E-state index contributed by atoms with van der Waals surface area (Å²) >= 11 is 0. The molecule has 182 valence electrons. The molecule has 35 heavy (non-hydrogen) atoms. The van der Waals surface area contributed by atoms with Gasteiger partial charge in [0.05, 0.1) is 29.2 Å². The van der Waals surface area contributed by atoms with E-state index >= 15 is 0 Å². The molecule has 0 aliphatic heterocycles. The Morgan fingerprint density at radius 1 is 1.23 bits per heavy atom. The molecule has 2 heterocycles. The summed E-state index contributed by atoms with van der Waals surface area (Å²) in [6.45, 7) is 9.19. The van der Waals surface area contributed by atoms with E-state index in [0.29, 0.717) is 22.7 Å². The van der Waals surface area contributed by atoms with Crippen LogP contribution in [-0.2, 0) is 0 Å². The number of carbonyl (C=O) groups excluding carboxylic acids is 2. The summed E-state index contributed by atoms with van der Waals surface area (Å²) in [5, 5.41) is 13.3. The molecule has 3 aromatic rings. The topological polar surface area (TPSA) is 125 Å². The first-order valence-corrected chi connectivity index (χ1v) is 10.9. The van der Waals surface area contributed by atoms with Crippen molar-refractivity contribution in [3.8, 4) is 5.88 Å². The number of pyridine rings is 1. The monoisotopic (exact) mass is 475 g/mol. The number of aromatic amines is 1. The third-order valence-electron chi connectivity index (χ3n) is 4.84. The summed E-state index contributed by atoms with van der Waals surface area (Å²) in [6.07, 6.45) is 4.79. The molecule has 2 aromatic heterocycles. The number of nitrogens with zero attached hydrogens (tertiary/aromatic N) is 4. The number of fused-ring (bicyclic) bond motifs is 1. The van der Waals surface area contributed by atoms with Gasteiger partial charge in [0.1, 0.15) is 0 Å². The summed E-state index contributed by atoms with van der Waals surface area (Å²) in [7, 11) is 3.29. The average Bonchev–Trinajstić information content (AvgIpc) is 3.23. The van der Waals surface area contributed by atoms with Crippen molar-refractivity contribution in [2.45, 2.75) is 26.9 Å². The summed E-state index contributed by atoms with van der Waals surface area (Å²) in [5.74, 6) is 0.112. The fourth-order valence-electron chi connectivity index (χ4n) is 3.14. The molecule has 3 N–H and O–H groups in total. The number of aliphatic imine (C=N–C) groups is 1. The number of ether oxygens (including phenoxy) is 1. The van der Waals surface area contributed by atoms with Crippen LogP contribution in [0.25, 0.3) is 16.5 Å². The number of rotatable bonds is 8. The van der Waals surface area contributed by atoms with Crippen LogP contribution >= 0.6 is 0 Å². The quantitative estimate of drug-likeness (QED) is 0.332. The third-order valence-corrected chi connectivity index (χ3v) is 4.84. The second-order valence-electron chi connectivity index (χ2n) is 8.26. The highest BCUT2D eigenvalue weighted by Crippen LogP contribution is 2.24. The number of carbonyl (C=O) groups is 2.